The summed E-state index contributed by atoms with van der Waals surface area (Å²) < 4.78 is 5.27. The number of cyclic esters (lactones) is 1. The van der Waals surface area contributed by atoms with Crippen LogP contribution >= 0.6 is 0 Å². The van der Waals surface area contributed by atoms with Crippen LogP contribution in [0.5, 0.6) is 5.75 Å². The summed E-state index contributed by atoms with van der Waals surface area (Å²) in [5.41, 5.74) is 3.75. The van der Waals surface area contributed by atoms with Gasteiger partial charge in [-0.15, -0.1) is 0 Å². The van der Waals surface area contributed by atoms with E-state index in [2.05, 4.69) is 12.2 Å². The number of aliphatic hydroxyl groups is 1. The summed E-state index contributed by atoms with van der Waals surface area (Å²) >= 11 is 0. The Kier molecular flexibility index (Phi) is 5.39. The van der Waals surface area contributed by atoms with Crippen molar-refractivity contribution in [2.75, 3.05) is 13.2 Å². The van der Waals surface area contributed by atoms with Crippen molar-refractivity contribution in [2.45, 2.75) is 70.3 Å². The van der Waals surface area contributed by atoms with Crippen LogP contribution in [-0.2, 0) is 19.7 Å². The molecule has 4 unspecified atom stereocenters. The number of aromatic hydroxyl groups is 1. The van der Waals surface area contributed by atoms with Crippen LogP contribution in [0.1, 0.15) is 81.6 Å². The summed E-state index contributed by atoms with van der Waals surface area (Å²) in [5, 5.41) is 25.0. The monoisotopic (exact) mass is 413 g/mol. The van der Waals surface area contributed by atoms with Gasteiger partial charge >= 0.3 is 5.97 Å². The van der Waals surface area contributed by atoms with E-state index in [9.17, 15) is 19.8 Å². The molecule has 2 aliphatic carbocycles. The minimum atomic E-state index is -0.818. The molecule has 4 rings (SSSR count). The van der Waals surface area contributed by atoms with Crippen LogP contribution in [0.2, 0.25) is 0 Å². The summed E-state index contributed by atoms with van der Waals surface area (Å²) in [6.07, 6.45) is 2.25. The minimum absolute atomic E-state index is 0.0256. The van der Waals surface area contributed by atoms with Crippen LogP contribution in [0.4, 0.5) is 0 Å². The van der Waals surface area contributed by atoms with E-state index in [-0.39, 0.29) is 41.3 Å². The number of nitrogens with one attached hydrogen (secondary N) is 1. The molecule has 1 aliphatic heterocycles. The van der Waals surface area contributed by atoms with Crippen LogP contribution in [0.3, 0.4) is 0 Å². The summed E-state index contributed by atoms with van der Waals surface area (Å²) in [6, 6.07) is 3.90. The van der Waals surface area contributed by atoms with E-state index < -0.39 is 6.10 Å². The van der Waals surface area contributed by atoms with Crippen LogP contribution in [0.15, 0.2) is 23.3 Å². The molecule has 0 fully saturated rings. The fraction of sp³-hybridized carbons (Fsp3) is 0.583. The summed E-state index contributed by atoms with van der Waals surface area (Å²) in [7, 11) is 0. The maximum absolute atomic E-state index is 12.1. The Bertz CT molecular complexity index is 920. The van der Waals surface area contributed by atoms with Gasteiger partial charge in [-0.25, -0.2) is 4.79 Å². The number of aliphatic hydroxyl groups excluding tert-OH is 1. The highest BCUT2D eigenvalue weighted by Crippen LogP contribution is 2.57. The molecule has 0 bridgehead atoms. The van der Waals surface area contributed by atoms with E-state index in [4.69, 9.17) is 4.74 Å². The molecule has 0 radical (unpaired) electrons. The van der Waals surface area contributed by atoms with Gasteiger partial charge in [0, 0.05) is 29.5 Å². The molecular formula is C24H31NO5. The standard InChI is InChI=1S/C24H31NO5/c1-4-9-25-20(27)10-13(2)14-5-6-17-21(22(14)28)19(26)11-18-16-12-30-23(29)15(16)7-8-24(17,18)3/h5-6,13,18-19,26,28H,4,7-12H2,1-3H3,(H,25,27). The Hall–Kier alpha value is -2.34. The van der Waals surface area contributed by atoms with Crippen molar-refractivity contribution in [3.63, 3.8) is 0 Å². The molecule has 1 aromatic carbocycles. The van der Waals surface area contributed by atoms with E-state index in [1.807, 2.05) is 26.0 Å². The fourth-order valence-corrected chi connectivity index (χ4v) is 5.61. The number of fused-ring (bicyclic) bond motifs is 4. The number of hydrogen-bond donors (Lipinski definition) is 3. The van der Waals surface area contributed by atoms with Crippen molar-refractivity contribution in [2.24, 2.45) is 5.92 Å². The van der Waals surface area contributed by atoms with Gasteiger partial charge in [-0.05, 0) is 54.2 Å². The normalized spacial score (nSPS) is 28.3. The molecule has 0 aromatic heterocycles. The molecule has 1 aromatic rings. The van der Waals surface area contributed by atoms with Gasteiger partial charge < -0.3 is 20.3 Å². The molecule has 1 amide bonds. The quantitative estimate of drug-likeness (QED) is 0.643. The second kappa shape index (κ2) is 7.73. The number of amides is 1. The summed E-state index contributed by atoms with van der Waals surface area (Å²) in [6.45, 7) is 7.04. The highest BCUT2D eigenvalue weighted by molar-refractivity contribution is 5.92. The van der Waals surface area contributed by atoms with Gasteiger partial charge in [0.2, 0.25) is 5.91 Å². The van der Waals surface area contributed by atoms with Gasteiger partial charge in [-0.2, -0.15) is 0 Å². The SMILES string of the molecule is CCCNC(=O)CC(C)c1ccc2c(c1O)C(O)CC1C3=C(CCC21C)C(=O)OC3. The first-order valence-corrected chi connectivity index (χ1v) is 11.0. The Balaban J connectivity index is 1.67. The highest BCUT2D eigenvalue weighted by Gasteiger charge is 2.51. The molecule has 3 N–H and O–H groups in total. The summed E-state index contributed by atoms with van der Waals surface area (Å²) in [4.78, 5) is 24.2. The third-order valence-corrected chi connectivity index (χ3v) is 7.33. The van der Waals surface area contributed by atoms with Gasteiger partial charge in [-0.3, -0.25) is 4.79 Å². The third kappa shape index (κ3) is 3.22. The first-order chi connectivity index (χ1) is 14.3. The van der Waals surface area contributed by atoms with E-state index >= 15 is 0 Å². The number of esters is 1. The number of ether oxygens (including phenoxy) is 1. The molecule has 30 heavy (non-hydrogen) atoms. The third-order valence-electron chi connectivity index (χ3n) is 7.33. The first-order valence-electron chi connectivity index (χ1n) is 11.0. The van der Waals surface area contributed by atoms with Gasteiger partial charge in [0.05, 0.1) is 6.10 Å². The lowest BCUT2D eigenvalue weighted by atomic mass is 9.56. The zero-order valence-corrected chi connectivity index (χ0v) is 18.0. The predicted octanol–water partition coefficient (Wildman–Crippen LogP) is 3.37. The van der Waals surface area contributed by atoms with E-state index in [0.29, 0.717) is 37.1 Å². The Morgan fingerprint density at radius 2 is 2.17 bits per heavy atom. The zero-order chi connectivity index (χ0) is 21.6. The van der Waals surface area contributed by atoms with Gasteiger partial charge in [-0.1, -0.05) is 32.9 Å². The lowest BCUT2D eigenvalue weighted by Crippen LogP contribution is -2.42. The van der Waals surface area contributed by atoms with Gasteiger partial charge in [0.1, 0.15) is 12.4 Å². The number of benzene rings is 1. The molecule has 6 heteroatoms. The number of phenolic OH excluding ortho intramolecular Hbond substituents is 1. The lowest BCUT2D eigenvalue weighted by molar-refractivity contribution is -0.136. The lowest BCUT2D eigenvalue weighted by Gasteiger charge is -2.48. The van der Waals surface area contributed by atoms with Crippen LogP contribution < -0.4 is 5.32 Å². The highest BCUT2D eigenvalue weighted by atomic mass is 16.5. The van der Waals surface area contributed by atoms with Crippen LogP contribution in [-0.4, -0.2) is 35.2 Å². The topological polar surface area (TPSA) is 95.9 Å². The number of carbonyl (C=O) groups is 2. The zero-order valence-electron chi connectivity index (χ0n) is 18.0. The molecule has 0 saturated carbocycles. The van der Waals surface area contributed by atoms with Crippen molar-refractivity contribution >= 4 is 11.9 Å². The fourth-order valence-electron chi connectivity index (χ4n) is 5.61. The Morgan fingerprint density at radius 1 is 1.40 bits per heavy atom. The van der Waals surface area contributed by atoms with Crippen molar-refractivity contribution in [1.82, 2.24) is 5.32 Å². The average molecular weight is 414 g/mol. The largest absolute Gasteiger partial charge is 0.507 e. The second-order valence-corrected chi connectivity index (χ2v) is 9.22. The molecule has 1 heterocycles. The molecule has 6 nitrogen and oxygen atoms in total. The van der Waals surface area contributed by atoms with E-state index in [0.717, 1.165) is 29.6 Å². The van der Waals surface area contributed by atoms with Crippen molar-refractivity contribution < 1.29 is 24.5 Å². The minimum Gasteiger partial charge on any atom is -0.507 e. The predicted molar refractivity (Wildman–Crippen MR) is 112 cm³/mol. The average Bonchev–Trinajstić information content (AvgIpc) is 3.08. The number of carbonyl (C=O) groups excluding carboxylic acids is 2. The van der Waals surface area contributed by atoms with E-state index in [1.54, 1.807) is 0 Å². The van der Waals surface area contributed by atoms with Crippen LogP contribution in [0.25, 0.3) is 0 Å². The Morgan fingerprint density at radius 3 is 2.90 bits per heavy atom. The maximum Gasteiger partial charge on any atom is 0.334 e. The maximum atomic E-state index is 12.1. The van der Waals surface area contributed by atoms with Crippen molar-refractivity contribution in [3.8, 4) is 5.75 Å². The second-order valence-electron chi connectivity index (χ2n) is 9.22. The summed E-state index contributed by atoms with van der Waals surface area (Å²) in [5.74, 6) is -0.287. The molecule has 162 valence electrons. The molecule has 3 aliphatic rings. The molecule has 4 atom stereocenters. The number of rotatable bonds is 5. The van der Waals surface area contributed by atoms with Crippen LogP contribution in [0, 0.1) is 5.92 Å². The molecule has 0 saturated heterocycles. The van der Waals surface area contributed by atoms with Crippen molar-refractivity contribution in [1.29, 1.82) is 0 Å². The van der Waals surface area contributed by atoms with Crippen molar-refractivity contribution in [3.05, 3.63) is 40.0 Å². The molecule has 0 spiro atoms. The Labute approximate surface area is 177 Å². The van der Waals surface area contributed by atoms with Gasteiger partial charge in [0.15, 0.2) is 0 Å². The first kappa shape index (κ1) is 20.9. The molecular weight excluding hydrogens is 382 g/mol. The van der Waals surface area contributed by atoms with Gasteiger partial charge in [0.25, 0.3) is 0 Å². The smallest absolute Gasteiger partial charge is 0.334 e. The number of hydrogen-bond acceptors (Lipinski definition) is 5. The number of phenols is 1. The van der Waals surface area contributed by atoms with E-state index in [1.165, 1.54) is 0 Å².